The Bertz CT molecular complexity index is 667. The maximum atomic E-state index is 12.1. The summed E-state index contributed by atoms with van der Waals surface area (Å²) in [6.45, 7) is 6.30. The number of esters is 1. The Morgan fingerprint density at radius 1 is 1.05 bits per heavy atom. The molecule has 3 rings (SSSR count). The van der Waals surface area contributed by atoms with Gasteiger partial charge in [-0.25, -0.2) is 4.79 Å². The van der Waals surface area contributed by atoms with E-state index in [9.17, 15) is 4.79 Å². The smallest absolute Gasteiger partial charge is 0.345 e. The molecule has 0 saturated heterocycles. The van der Waals surface area contributed by atoms with Gasteiger partial charge in [0.25, 0.3) is 0 Å². The van der Waals surface area contributed by atoms with Crippen molar-refractivity contribution in [3.8, 4) is 5.75 Å². The third kappa shape index (κ3) is 2.36. The van der Waals surface area contributed by atoms with Gasteiger partial charge in [0.15, 0.2) is 0 Å². The lowest BCUT2D eigenvalue weighted by Gasteiger charge is -2.30. The molecule has 0 bridgehead atoms. The summed E-state index contributed by atoms with van der Waals surface area (Å²) in [5.74, 6) is 0.347. The molecule has 0 fully saturated rings. The van der Waals surface area contributed by atoms with Crippen molar-refractivity contribution in [2.45, 2.75) is 33.5 Å². The zero-order chi connectivity index (χ0) is 14.3. The maximum absolute atomic E-state index is 12.1. The number of hydrogen-bond acceptors (Lipinski definition) is 3. The van der Waals surface area contributed by atoms with Crippen LogP contribution in [0.25, 0.3) is 10.8 Å². The fourth-order valence-corrected chi connectivity index (χ4v) is 2.45. The van der Waals surface area contributed by atoms with Gasteiger partial charge < -0.3 is 9.47 Å². The van der Waals surface area contributed by atoms with Crippen LogP contribution in [0.4, 0.5) is 0 Å². The summed E-state index contributed by atoms with van der Waals surface area (Å²) in [6.07, 6.45) is 0.155. The third-order valence-corrected chi connectivity index (χ3v) is 3.37. The highest BCUT2D eigenvalue weighted by molar-refractivity contribution is 6.02. The topological polar surface area (TPSA) is 35.5 Å². The molecule has 0 aliphatic carbocycles. The fraction of sp³-hybridized carbons (Fsp3) is 0.353. The largest absolute Gasteiger partial charge is 0.453 e. The van der Waals surface area contributed by atoms with Crippen LogP contribution in [-0.2, 0) is 4.74 Å². The van der Waals surface area contributed by atoms with Gasteiger partial charge in [-0.3, -0.25) is 0 Å². The SMILES string of the molecule is CC(C)(C)CC1OC(=O)c2ccc3ccccc3c2O1. The lowest BCUT2D eigenvalue weighted by atomic mass is 9.91. The van der Waals surface area contributed by atoms with E-state index in [0.29, 0.717) is 17.7 Å². The summed E-state index contributed by atoms with van der Waals surface area (Å²) < 4.78 is 11.3. The highest BCUT2D eigenvalue weighted by atomic mass is 16.7. The van der Waals surface area contributed by atoms with E-state index in [0.717, 1.165) is 10.8 Å². The predicted octanol–water partition coefficient (Wildman–Crippen LogP) is 4.15. The number of hydrogen-bond donors (Lipinski definition) is 0. The first-order chi connectivity index (χ1) is 9.44. The molecular weight excluding hydrogens is 252 g/mol. The van der Waals surface area contributed by atoms with Crippen molar-refractivity contribution in [3.63, 3.8) is 0 Å². The van der Waals surface area contributed by atoms with Gasteiger partial charge in [0.05, 0.1) is 0 Å². The molecule has 2 aromatic rings. The lowest BCUT2D eigenvalue weighted by Crippen LogP contribution is -2.33. The number of ether oxygens (including phenoxy) is 2. The van der Waals surface area contributed by atoms with Crippen LogP contribution in [0.5, 0.6) is 5.75 Å². The number of cyclic esters (lactones) is 1. The summed E-state index contributed by atoms with van der Waals surface area (Å²) in [5.41, 5.74) is 0.543. The minimum absolute atomic E-state index is 0.0348. The molecule has 3 heteroatoms. The normalized spacial score (nSPS) is 18.4. The average Bonchev–Trinajstić information content (AvgIpc) is 2.36. The van der Waals surface area contributed by atoms with Crippen molar-refractivity contribution < 1.29 is 14.3 Å². The molecule has 0 aromatic heterocycles. The lowest BCUT2D eigenvalue weighted by molar-refractivity contribution is -0.0764. The van der Waals surface area contributed by atoms with Crippen LogP contribution in [0.2, 0.25) is 0 Å². The molecule has 0 radical (unpaired) electrons. The zero-order valence-corrected chi connectivity index (χ0v) is 12.0. The van der Waals surface area contributed by atoms with Crippen LogP contribution >= 0.6 is 0 Å². The first-order valence-corrected chi connectivity index (χ1v) is 6.83. The molecule has 1 heterocycles. The molecule has 1 aliphatic rings. The Labute approximate surface area is 118 Å². The predicted molar refractivity (Wildman–Crippen MR) is 77.9 cm³/mol. The van der Waals surface area contributed by atoms with Crippen molar-refractivity contribution in [1.29, 1.82) is 0 Å². The van der Waals surface area contributed by atoms with Crippen LogP contribution in [0.15, 0.2) is 36.4 Å². The Hall–Kier alpha value is -2.03. The van der Waals surface area contributed by atoms with Crippen LogP contribution in [0.3, 0.4) is 0 Å². The standard InChI is InChI=1S/C17H18O3/c1-17(2,3)10-14-19-15-12-7-5-4-6-11(12)8-9-13(15)16(18)20-14/h4-9,14H,10H2,1-3H3. The summed E-state index contributed by atoms with van der Waals surface area (Å²) >= 11 is 0. The second kappa shape index (κ2) is 4.51. The number of benzene rings is 2. The molecule has 1 atom stereocenters. The van der Waals surface area contributed by atoms with E-state index in [4.69, 9.17) is 9.47 Å². The molecule has 2 aromatic carbocycles. The Morgan fingerprint density at radius 3 is 2.55 bits per heavy atom. The van der Waals surface area contributed by atoms with Gasteiger partial charge in [0.2, 0.25) is 6.29 Å². The van der Waals surface area contributed by atoms with E-state index >= 15 is 0 Å². The highest BCUT2D eigenvalue weighted by Gasteiger charge is 2.31. The van der Waals surface area contributed by atoms with Gasteiger partial charge >= 0.3 is 5.97 Å². The number of carbonyl (C=O) groups excluding carboxylic acids is 1. The summed E-state index contributed by atoms with van der Waals surface area (Å²) in [5, 5.41) is 2.02. The maximum Gasteiger partial charge on any atom is 0.345 e. The molecule has 1 unspecified atom stereocenters. The van der Waals surface area contributed by atoms with Gasteiger partial charge in [-0.05, 0) is 16.9 Å². The van der Waals surface area contributed by atoms with Crippen molar-refractivity contribution >= 4 is 16.7 Å². The molecule has 3 nitrogen and oxygen atoms in total. The Kier molecular flexibility index (Phi) is 2.93. The van der Waals surface area contributed by atoms with Crippen molar-refractivity contribution in [2.24, 2.45) is 5.41 Å². The van der Waals surface area contributed by atoms with Crippen LogP contribution in [-0.4, -0.2) is 12.3 Å². The van der Waals surface area contributed by atoms with Crippen molar-refractivity contribution in [3.05, 3.63) is 42.0 Å². The van der Waals surface area contributed by atoms with E-state index in [2.05, 4.69) is 20.8 Å². The average molecular weight is 270 g/mol. The second-order valence-corrected chi connectivity index (χ2v) is 6.38. The van der Waals surface area contributed by atoms with Gasteiger partial charge in [-0.2, -0.15) is 0 Å². The quantitative estimate of drug-likeness (QED) is 0.730. The number of fused-ring (bicyclic) bond motifs is 3. The first-order valence-electron chi connectivity index (χ1n) is 6.83. The monoisotopic (exact) mass is 270 g/mol. The molecular formula is C17H18O3. The molecule has 0 spiro atoms. The van der Waals surface area contributed by atoms with E-state index in [1.54, 1.807) is 6.07 Å². The van der Waals surface area contributed by atoms with Gasteiger partial charge in [-0.1, -0.05) is 51.1 Å². The number of rotatable bonds is 1. The van der Waals surface area contributed by atoms with E-state index in [1.807, 2.05) is 30.3 Å². The van der Waals surface area contributed by atoms with Crippen LogP contribution in [0, 0.1) is 5.41 Å². The van der Waals surface area contributed by atoms with Gasteiger partial charge in [-0.15, -0.1) is 0 Å². The summed E-state index contributed by atoms with van der Waals surface area (Å²) in [4.78, 5) is 12.1. The zero-order valence-electron chi connectivity index (χ0n) is 12.0. The second-order valence-electron chi connectivity index (χ2n) is 6.38. The summed E-state index contributed by atoms with van der Waals surface area (Å²) in [6, 6.07) is 11.6. The van der Waals surface area contributed by atoms with Gasteiger partial charge in [0, 0.05) is 11.8 Å². The minimum Gasteiger partial charge on any atom is -0.453 e. The third-order valence-electron chi connectivity index (χ3n) is 3.37. The van der Waals surface area contributed by atoms with E-state index in [-0.39, 0.29) is 11.4 Å². The summed E-state index contributed by atoms with van der Waals surface area (Å²) in [7, 11) is 0. The Balaban J connectivity index is 2.05. The van der Waals surface area contributed by atoms with E-state index < -0.39 is 6.29 Å². The minimum atomic E-state index is -0.513. The molecule has 0 N–H and O–H groups in total. The molecule has 20 heavy (non-hydrogen) atoms. The molecule has 0 saturated carbocycles. The molecule has 0 amide bonds. The molecule has 1 aliphatic heterocycles. The first kappa shape index (κ1) is 13.0. The fourth-order valence-electron chi connectivity index (χ4n) is 2.45. The van der Waals surface area contributed by atoms with E-state index in [1.165, 1.54) is 0 Å². The van der Waals surface area contributed by atoms with Crippen LogP contribution in [0.1, 0.15) is 37.6 Å². The highest BCUT2D eigenvalue weighted by Crippen LogP contribution is 2.36. The number of carbonyl (C=O) groups is 1. The Morgan fingerprint density at radius 2 is 1.80 bits per heavy atom. The van der Waals surface area contributed by atoms with Gasteiger partial charge in [0.1, 0.15) is 11.3 Å². The van der Waals surface area contributed by atoms with Crippen LogP contribution < -0.4 is 4.74 Å². The van der Waals surface area contributed by atoms with Crippen molar-refractivity contribution in [1.82, 2.24) is 0 Å². The molecule has 104 valence electrons. The van der Waals surface area contributed by atoms with Crippen molar-refractivity contribution in [2.75, 3.05) is 0 Å².